The van der Waals surface area contributed by atoms with Crippen LogP contribution in [0.5, 0.6) is 0 Å². The molecule has 3 heterocycles. The Hall–Kier alpha value is -1.59. The smallest absolute Gasteiger partial charge is 0.392 e. The lowest BCUT2D eigenvalue weighted by Crippen LogP contribution is -2.47. The van der Waals surface area contributed by atoms with E-state index in [0.29, 0.717) is 36.9 Å². The van der Waals surface area contributed by atoms with Gasteiger partial charge in [0.05, 0.1) is 11.4 Å². The Balaban J connectivity index is 1.21. The maximum Gasteiger partial charge on any atom is 0.413 e. The maximum absolute atomic E-state index is 13.1. The van der Waals surface area contributed by atoms with Crippen LogP contribution >= 0.6 is 23.2 Å². The Kier molecular flexibility index (Phi) is 8.48. The van der Waals surface area contributed by atoms with Crippen molar-refractivity contribution in [3.05, 3.63) is 28.2 Å². The van der Waals surface area contributed by atoms with Crippen molar-refractivity contribution in [3.63, 3.8) is 0 Å². The topological polar surface area (TPSA) is 101 Å². The minimum Gasteiger partial charge on any atom is -0.392 e. The summed E-state index contributed by atoms with van der Waals surface area (Å²) in [7, 11) is -3.79. The number of nitrogens with one attached hydrogen (secondary N) is 1. The molecule has 2 saturated heterocycles. The van der Waals surface area contributed by atoms with Gasteiger partial charge in [-0.3, -0.25) is 0 Å². The average molecular weight is 548 g/mol. The molecule has 1 spiro atoms. The minimum atomic E-state index is -3.79. The Morgan fingerprint density at radius 1 is 1.26 bits per heavy atom. The Morgan fingerprint density at radius 3 is 2.77 bits per heavy atom. The molecule has 35 heavy (non-hydrogen) atoms. The fourth-order valence-corrected chi connectivity index (χ4v) is 7.04. The molecule has 1 aromatic rings. The van der Waals surface area contributed by atoms with Crippen LogP contribution in [-0.4, -0.2) is 74.0 Å². The fraction of sp³-hybridized carbons (Fsp3) is 0.652. The molecule has 0 saturated carbocycles. The van der Waals surface area contributed by atoms with Crippen molar-refractivity contribution in [3.8, 4) is 0 Å². The van der Waals surface area contributed by atoms with Gasteiger partial charge in [-0.15, -0.1) is 0 Å². The van der Waals surface area contributed by atoms with Crippen LogP contribution in [0.3, 0.4) is 0 Å². The van der Waals surface area contributed by atoms with E-state index in [1.165, 1.54) is 35.7 Å². The van der Waals surface area contributed by atoms with E-state index in [4.69, 9.17) is 32.8 Å². The molecule has 12 heteroatoms. The van der Waals surface area contributed by atoms with Crippen molar-refractivity contribution in [1.29, 1.82) is 0 Å². The number of rotatable bonds is 6. The predicted molar refractivity (Wildman–Crippen MR) is 134 cm³/mol. The molecule has 3 aliphatic heterocycles. The summed E-state index contributed by atoms with van der Waals surface area (Å²) in [5.74, 6) is 0.210. The van der Waals surface area contributed by atoms with Gasteiger partial charge in [0, 0.05) is 50.1 Å². The standard InChI is InChI=1S/C23H32Cl2N4O5S/c1-17-5-2-3-11-28(17)12-4-10-26-22(30)33-21-16-23(34-27-21)8-13-29(14-9-23)35(31,32)20-15-18(24)6-7-19(20)25/h6-7,15,17H,2-5,8-14,16H2,1H3,(H,26,30). The van der Waals surface area contributed by atoms with Gasteiger partial charge in [-0.05, 0) is 50.9 Å². The largest absolute Gasteiger partial charge is 0.413 e. The summed E-state index contributed by atoms with van der Waals surface area (Å²) in [5.41, 5.74) is -0.676. The summed E-state index contributed by atoms with van der Waals surface area (Å²) in [5, 5.41) is 7.16. The van der Waals surface area contributed by atoms with E-state index in [1.807, 2.05) is 0 Å². The summed E-state index contributed by atoms with van der Waals surface area (Å²) in [6, 6.07) is 4.97. The van der Waals surface area contributed by atoms with Gasteiger partial charge in [0.2, 0.25) is 15.9 Å². The molecule has 1 unspecified atom stereocenters. The first-order valence-corrected chi connectivity index (χ1v) is 14.3. The highest BCUT2D eigenvalue weighted by atomic mass is 35.5. The van der Waals surface area contributed by atoms with E-state index in [1.54, 1.807) is 6.07 Å². The van der Waals surface area contributed by atoms with Crippen molar-refractivity contribution >= 4 is 45.2 Å². The highest BCUT2D eigenvalue weighted by Crippen LogP contribution is 2.37. The number of carbonyl (C=O) groups excluding carboxylic acids is 1. The number of alkyl carbamates (subject to hydrolysis) is 1. The zero-order valence-corrected chi connectivity index (χ0v) is 22.2. The van der Waals surface area contributed by atoms with Crippen LogP contribution in [0.4, 0.5) is 4.79 Å². The normalized spacial score (nSPS) is 23.1. The molecule has 0 aromatic heterocycles. The second-order valence-electron chi connectivity index (χ2n) is 9.47. The van der Waals surface area contributed by atoms with Crippen LogP contribution in [0.25, 0.3) is 0 Å². The van der Waals surface area contributed by atoms with Crippen LogP contribution in [0.1, 0.15) is 51.9 Å². The summed E-state index contributed by atoms with van der Waals surface area (Å²) >= 11 is 12.1. The quantitative estimate of drug-likeness (QED) is 0.535. The minimum absolute atomic E-state index is 0.0124. The van der Waals surface area contributed by atoms with E-state index in [9.17, 15) is 13.2 Å². The third-order valence-electron chi connectivity index (χ3n) is 7.00. The van der Waals surface area contributed by atoms with Gasteiger partial charge < -0.3 is 19.8 Å². The number of halogens is 2. The van der Waals surface area contributed by atoms with Gasteiger partial charge in [-0.25, -0.2) is 13.2 Å². The van der Waals surface area contributed by atoms with Crippen LogP contribution in [0, 0.1) is 0 Å². The lowest BCUT2D eigenvalue weighted by Gasteiger charge is -2.36. The molecule has 4 rings (SSSR count). The third-order valence-corrected chi connectivity index (χ3v) is 9.62. The molecule has 0 aliphatic carbocycles. The summed E-state index contributed by atoms with van der Waals surface area (Å²) in [6.07, 6.45) is 5.20. The number of carbonyl (C=O) groups is 1. The number of benzene rings is 1. The number of ether oxygens (including phenoxy) is 1. The Morgan fingerprint density at radius 2 is 2.03 bits per heavy atom. The maximum atomic E-state index is 13.1. The summed E-state index contributed by atoms with van der Waals surface area (Å²) < 4.78 is 32.8. The summed E-state index contributed by atoms with van der Waals surface area (Å²) in [6.45, 7) is 5.31. The second-order valence-corrected chi connectivity index (χ2v) is 12.2. The van der Waals surface area contributed by atoms with Gasteiger partial charge in [0.25, 0.3) is 0 Å². The Bertz CT molecular complexity index is 1060. The number of hydrogen-bond donors (Lipinski definition) is 1. The molecule has 9 nitrogen and oxygen atoms in total. The van der Waals surface area contributed by atoms with E-state index in [2.05, 4.69) is 22.3 Å². The van der Waals surface area contributed by atoms with Crippen molar-refractivity contribution in [2.45, 2.75) is 68.4 Å². The van der Waals surface area contributed by atoms with Gasteiger partial charge in [0.1, 0.15) is 10.5 Å². The predicted octanol–water partition coefficient (Wildman–Crippen LogP) is 4.24. The molecule has 0 radical (unpaired) electrons. The van der Waals surface area contributed by atoms with Crippen LogP contribution < -0.4 is 5.32 Å². The van der Waals surface area contributed by atoms with E-state index < -0.39 is 21.7 Å². The lowest BCUT2D eigenvalue weighted by atomic mass is 9.89. The van der Waals surface area contributed by atoms with E-state index in [0.717, 1.165) is 19.5 Å². The van der Waals surface area contributed by atoms with Crippen LogP contribution in [0.15, 0.2) is 28.3 Å². The van der Waals surface area contributed by atoms with Gasteiger partial charge in [-0.1, -0.05) is 34.8 Å². The molecule has 1 amide bonds. The first-order valence-electron chi connectivity index (χ1n) is 12.1. The number of nitrogens with zero attached hydrogens (tertiary/aromatic N) is 3. The SMILES string of the molecule is CC1CCCCN1CCCNC(=O)OC1=NOC2(CCN(S(=O)(=O)c3cc(Cl)ccc3Cl)CC2)C1. The number of amides is 1. The number of sulfonamides is 1. The molecule has 194 valence electrons. The fourth-order valence-electron chi connectivity index (χ4n) is 4.86. The zero-order valence-electron chi connectivity index (χ0n) is 19.8. The first-order chi connectivity index (χ1) is 16.7. The van der Waals surface area contributed by atoms with Crippen LogP contribution in [0.2, 0.25) is 10.0 Å². The van der Waals surface area contributed by atoms with Gasteiger partial charge in [-0.2, -0.15) is 4.31 Å². The first kappa shape index (κ1) is 26.5. The van der Waals surface area contributed by atoms with Gasteiger partial charge in [0.15, 0.2) is 0 Å². The lowest BCUT2D eigenvalue weighted by molar-refractivity contribution is -0.0506. The molecular formula is C23H32Cl2N4O5S. The zero-order chi connectivity index (χ0) is 25.1. The van der Waals surface area contributed by atoms with Crippen molar-refractivity contribution in [1.82, 2.24) is 14.5 Å². The average Bonchev–Trinajstić information content (AvgIpc) is 3.21. The van der Waals surface area contributed by atoms with E-state index >= 15 is 0 Å². The third kappa shape index (κ3) is 6.40. The van der Waals surface area contributed by atoms with Gasteiger partial charge >= 0.3 is 6.09 Å². The molecule has 2 fully saturated rings. The Labute approximate surface area is 216 Å². The molecular weight excluding hydrogens is 515 g/mol. The number of likely N-dealkylation sites (tertiary alicyclic amines) is 1. The highest BCUT2D eigenvalue weighted by Gasteiger charge is 2.46. The molecule has 1 atom stereocenters. The van der Waals surface area contributed by atoms with Crippen molar-refractivity contribution < 1.29 is 22.8 Å². The van der Waals surface area contributed by atoms with Crippen LogP contribution in [-0.2, 0) is 19.6 Å². The monoisotopic (exact) mass is 546 g/mol. The van der Waals surface area contributed by atoms with E-state index in [-0.39, 0.29) is 28.9 Å². The number of oxime groups is 1. The number of hydrogen-bond acceptors (Lipinski definition) is 7. The highest BCUT2D eigenvalue weighted by molar-refractivity contribution is 7.89. The second kappa shape index (κ2) is 11.2. The molecule has 0 bridgehead atoms. The van der Waals surface area contributed by atoms with Crippen molar-refractivity contribution in [2.24, 2.45) is 5.16 Å². The molecule has 1 aromatic carbocycles. The van der Waals surface area contributed by atoms with Crippen molar-refractivity contribution in [2.75, 3.05) is 32.7 Å². The molecule has 3 aliphatic rings. The molecule has 1 N–H and O–H groups in total. The summed E-state index contributed by atoms with van der Waals surface area (Å²) in [4.78, 5) is 20.3. The number of piperidine rings is 2.